The molecule has 0 aliphatic heterocycles. The lowest BCUT2D eigenvalue weighted by Crippen LogP contribution is -2.02. The van der Waals surface area contributed by atoms with Gasteiger partial charge in [-0.2, -0.15) is 5.26 Å². The number of hydrogen-bond acceptors (Lipinski definition) is 4. The molecule has 4 nitrogen and oxygen atoms in total. The summed E-state index contributed by atoms with van der Waals surface area (Å²) >= 11 is 5.83. The highest BCUT2D eigenvalue weighted by atomic mass is 35.5. The molecule has 0 atom stereocenters. The van der Waals surface area contributed by atoms with Gasteiger partial charge in [-0.1, -0.05) is 35.9 Å². The van der Waals surface area contributed by atoms with Gasteiger partial charge in [0.15, 0.2) is 0 Å². The highest BCUT2D eigenvalue weighted by Crippen LogP contribution is 2.17. The van der Waals surface area contributed by atoms with Crippen molar-refractivity contribution in [2.75, 3.05) is 7.11 Å². The summed E-state index contributed by atoms with van der Waals surface area (Å²) in [7, 11) is 1.24. The van der Waals surface area contributed by atoms with E-state index in [9.17, 15) is 4.79 Å². The SMILES string of the molecule is COC(=O)/C(C#N)=C/c1ccc(OCc2ccc(Cl)cc2)cc1. The monoisotopic (exact) mass is 327 g/mol. The smallest absolute Gasteiger partial charge is 0.348 e. The number of benzene rings is 2. The summed E-state index contributed by atoms with van der Waals surface area (Å²) in [5.74, 6) is 0.0317. The van der Waals surface area contributed by atoms with Gasteiger partial charge in [-0.3, -0.25) is 0 Å². The number of halogens is 1. The van der Waals surface area contributed by atoms with Crippen molar-refractivity contribution in [2.24, 2.45) is 0 Å². The van der Waals surface area contributed by atoms with Gasteiger partial charge in [0.25, 0.3) is 0 Å². The van der Waals surface area contributed by atoms with E-state index in [2.05, 4.69) is 4.74 Å². The number of carbonyl (C=O) groups is 1. The zero-order chi connectivity index (χ0) is 16.7. The number of hydrogen-bond donors (Lipinski definition) is 0. The third-order valence-corrected chi connectivity index (χ3v) is 3.29. The lowest BCUT2D eigenvalue weighted by atomic mass is 10.1. The summed E-state index contributed by atoms with van der Waals surface area (Å²) in [5.41, 5.74) is 1.67. The van der Waals surface area contributed by atoms with Crippen molar-refractivity contribution < 1.29 is 14.3 Å². The Morgan fingerprint density at radius 2 is 1.83 bits per heavy atom. The minimum absolute atomic E-state index is 0.0534. The molecule has 0 amide bonds. The van der Waals surface area contributed by atoms with Crippen LogP contribution in [0, 0.1) is 11.3 Å². The first-order valence-electron chi connectivity index (χ1n) is 6.80. The van der Waals surface area contributed by atoms with Crippen LogP contribution in [0.15, 0.2) is 54.1 Å². The molecule has 0 unspecified atom stereocenters. The second-order valence-electron chi connectivity index (χ2n) is 4.65. The first kappa shape index (κ1) is 16.6. The maximum absolute atomic E-state index is 11.4. The molecule has 0 aliphatic carbocycles. The van der Waals surface area contributed by atoms with Gasteiger partial charge in [0.2, 0.25) is 0 Å². The van der Waals surface area contributed by atoms with Gasteiger partial charge in [0.1, 0.15) is 24.0 Å². The van der Waals surface area contributed by atoms with Crippen LogP contribution in [-0.4, -0.2) is 13.1 Å². The molecule has 2 aromatic rings. The lowest BCUT2D eigenvalue weighted by molar-refractivity contribution is -0.135. The topological polar surface area (TPSA) is 59.3 Å². The first-order valence-corrected chi connectivity index (χ1v) is 7.17. The van der Waals surface area contributed by atoms with Crippen LogP contribution in [0.3, 0.4) is 0 Å². The van der Waals surface area contributed by atoms with Crippen LogP contribution < -0.4 is 4.74 Å². The predicted molar refractivity (Wildman–Crippen MR) is 87.8 cm³/mol. The summed E-state index contributed by atoms with van der Waals surface area (Å²) in [6.07, 6.45) is 1.47. The van der Waals surface area contributed by atoms with Crippen molar-refractivity contribution in [2.45, 2.75) is 6.61 Å². The molecule has 0 aromatic heterocycles. The van der Waals surface area contributed by atoms with Gasteiger partial charge >= 0.3 is 5.97 Å². The number of methoxy groups -OCH3 is 1. The van der Waals surface area contributed by atoms with Crippen LogP contribution in [0.4, 0.5) is 0 Å². The van der Waals surface area contributed by atoms with E-state index >= 15 is 0 Å². The first-order chi connectivity index (χ1) is 11.1. The molecule has 0 bridgehead atoms. The predicted octanol–water partition coefficient (Wildman–Crippen LogP) is 4.00. The highest BCUT2D eigenvalue weighted by Gasteiger charge is 2.08. The van der Waals surface area contributed by atoms with Gasteiger partial charge in [-0.05, 0) is 41.5 Å². The molecule has 0 aliphatic rings. The molecule has 0 saturated heterocycles. The summed E-state index contributed by atoms with van der Waals surface area (Å²) in [6, 6.07) is 16.3. The van der Waals surface area contributed by atoms with E-state index in [4.69, 9.17) is 21.6 Å². The molecular formula is C18H14ClNO3. The lowest BCUT2D eigenvalue weighted by Gasteiger charge is -2.06. The van der Waals surface area contributed by atoms with Crippen LogP contribution in [0.25, 0.3) is 6.08 Å². The minimum atomic E-state index is -0.657. The maximum Gasteiger partial charge on any atom is 0.348 e. The molecule has 2 rings (SSSR count). The molecule has 0 N–H and O–H groups in total. The highest BCUT2D eigenvalue weighted by molar-refractivity contribution is 6.30. The average molecular weight is 328 g/mol. The van der Waals surface area contributed by atoms with E-state index in [1.165, 1.54) is 13.2 Å². The normalized spacial score (nSPS) is 10.7. The second-order valence-corrected chi connectivity index (χ2v) is 5.08. The zero-order valence-electron chi connectivity index (χ0n) is 12.5. The van der Waals surface area contributed by atoms with E-state index in [0.29, 0.717) is 22.9 Å². The van der Waals surface area contributed by atoms with Crippen molar-refractivity contribution in [3.05, 3.63) is 70.3 Å². The average Bonchev–Trinajstić information content (AvgIpc) is 2.59. The largest absolute Gasteiger partial charge is 0.489 e. The van der Waals surface area contributed by atoms with Crippen molar-refractivity contribution in [3.63, 3.8) is 0 Å². The Labute approximate surface area is 139 Å². The quantitative estimate of drug-likeness (QED) is 0.473. The van der Waals surface area contributed by atoms with E-state index in [1.807, 2.05) is 30.3 Å². The van der Waals surface area contributed by atoms with E-state index in [0.717, 1.165) is 5.56 Å². The molecule has 0 saturated carbocycles. The number of ether oxygens (including phenoxy) is 2. The van der Waals surface area contributed by atoms with Crippen LogP contribution in [0.1, 0.15) is 11.1 Å². The standard InChI is InChI=1S/C18H14ClNO3/c1-22-18(21)15(11-20)10-13-4-8-17(9-5-13)23-12-14-2-6-16(19)7-3-14/h2-10H,12H2,1H3/b15-10+. The van der Waals surface area contributed by atoms with Crippen LogP contribution in [-0.2, 0) is 16.1 Å². The fourth-order valence-corrected chi connectivity index (χ4v) is 1.95. The fourth-order valence-electron chi connectivity index (χ4n) is 1.82. The molecular weight excluding hydrogens is 314 g/mol. The molecule has 116 valence electrons. The Morgan fingerprint density at radius 3 is 2.39 bits per heavy atom. The number of esters is 1. The van der Waals surface area contributed by atoms with E-state index < -0.39 is 5.97 Å². The van der Waals surface area contributed by atoms with Crippen molar-refractivity contribution >= 4 is 23.6 Å². The van der Waals surface area contributed by atoms with Crippen LogP contribution in [0.5, 0.6) is 5.75 Å². The van der Waals surface area contributed by atoms with Gasteiger partial charge in [-0.25, -0.2) is 4.79 Å². The number of carbonyl (C=O) groups excluding carboxylic acids is 1. The molecule has 23 heavy (non-hydrogen) atoms. The Hall–Kier alpha value is -2.77. The minimum Gasteiger partial charge on any atom is -0.489 e. The van der Waals surface area contributed by atoms with Crippen LogP contribution >= 0.6 is 11.6 Å². The summed E-state index contributed by atoms with van der Waals surface area (Å²) in [6.45, 7) is 0.429. The third kappa shape index (κ3) is 4.87. The Kier molecular flexibility index (Phi) is 5.79. The Balaban J connectivity index is 2.02. The Morgan fingerprint density at radius 1 is 1.17 bits per heavy atom. The number of nitriles is 1. The number of rotatable bonds is 5. The van der Waals surface area contributed by atoms with Gasteiger partial charge < -0.3 is 9.47 Å². The molecule has 5 heteroatoms. The van der Waals surface area contributed by atoms with Crippen molar-refractivity contribution in [1.29, 1.82) is 5.26 Å². The molecule has 0 heterocycles. The van der Waals surface area contributed by atoms with Crippen molar-refractivity contribution in [1.82, 2.24) is 0 Å². The molecule has 2 aromatic carbocycles. The third-order valence-electron chi connectivity index (χ3n) is 3.04. The van der Waals surface area contributed by atoms with E-state index in [-0.39, 0.29) is 5.57 Å². The molecule has 0 fully saturated rings. The van der Waals surface area contributed by atoms with Crippen molar-refractivity contribution in [3.8, 4) is 11.8 Å². The van der Waals surface area contributed by atoms with Crippen LogP contribution in [0.2, 0.25) is 5.02 Å². The fraction of sp³-hybridized carbons (Fsp3) is 0.111. The summed E-state index contributed by atoms with van der Waals surface area (Å²) in [4.78, 5) is 11.4. The van der Waals surface area contributed by atoms with Gasteiger partial charge in [-0.15, -0.1) is 0 Å². The zero-order valence-corrected chi connectivity index (χ0v) is 13.2. The molecule has 0 radical (unpaired) electrons. The van der Waals surface area contributed by atoms with E-state index in [1.54, 1.807) is 24.3 Å². The maximum atomic E-state index is 11.4. The number of nitrogens with zero attached hydrogens (tertiary/aromatic N) is 1. The summed E-state index contributed by atoms with van der Waals surface area (Å²) in [5, 5.41) is 9.60. The second kappa shape index (κ2) is 8.02. The Bertz CT molecular complexity index is 743. The molecule has 0 spiro atoms. The van der Waals surface area contributed by atoms with Gasteiger partial charge in [0, 0.05) is 5.02 Å². The summed E-state index contributed by atoms with van der Waals surface area (Å²) < 4.78 is 10.2. The van der Waals surface area contributed by atoms with Gasteiger partial charge in [0.05, 0.1) is 7.11 Å².